The van der Waals surface area contributed by atoms with Crippen molar-refractivity contribution in [3.8, 4) is 0 Å². The summed E-state index contributed by atoms with van der Waals surface area (Å²) in [5, 5.41) is 13.7. The third kappa shape index (κ3) is 4.18. The number of aromatic nitrogens is 1. The van der Waals surface area contributed by atoms with Crippen molar-refractivity contribution in [3.63, 3.8) is 0 Å². The maximum absolute atomic E-state index is 12.6. The lowest BCUT2D eigenvalue weighted by molar-refractivity contribution is 0.0626. The van der Waals surface area contributed by atoms with Gasteiger partial charge in [0.25, 0.3) is 0 Å². The molecule has 1 saturated carbocycles. The highest BCUT2D eigenvalue weighted by atomic mass is 16.3. The number of amides is 2. The molecule has 1 aromatic heterocycles. The minimum Gasteiger partial charge on any atom is -0.387 e. The zero-order valence-electron chi connectivity index (χ0n) is 16.0. The van der Waals surface area contributed by atoms with Gasteiger partial charge in [-0.3, -0.25) is 4.98 Å². The summed E-state index contributed by atoms with van der Waals surface area (Å²) in [7, 11) is 4.23. The van der Waals surface area contributed by atoms with Crippen molar-refractivity contribution in [2.45, 2.75) is 50.2 Å². The maximum Gasteiger partial charge on any atom is 0.317 e. The van der Waals surface area contributed by atoms with E-state index in [4.69, 9.17) is 0 Å². The number of carbonyl (C=O) groups excluding carboxylic acids is 1. The van der Waals surface area contributed by atoms with Crippen molar-refractivity contribution in [1.82, 2.24) is 20.1 Å². The van der Waals surface area contributed by atoms with Crippen molar-refractivity contribution in [3.05, 3.63) is 30.1 Å². The molecule has 2 amide bonds. The summed E-state index contributed by atoms with van der Waals surface area (Å²) in [6, 6.07) is 5.65. The fourth-order valence-electron chi connectivity index (χ4n) is 4.38. The number of piperidine rings is 1. The Morgan fingerprint density at radius 1 is 1.35 bits per heavy atom. The largest absolute Gasteiger partial charge is 0.387 e. The molecular formula is C20H32N4O2. The standard InChI is InChI=1S/C20H32N4O2/c1-23(2)20(10-4-5-11-20)15-22-19(26)24-13-8-16(9-14-24)18(25)17-7-3-6-12-21-17/h3,6-7,12,16,18,25H,4-5,8-11,13-15H2,1-2H3,(H,22,26)/t18-/m1/s1. The Hall–Kier alpha value is -1.66. The first kappa shape index (κ1) is 19.1. The number of nitrogens with one attached hydrogen (secondary N) is 1. The second-order valence-corrected chi connectivity index (χ2v) is 8.01. The fraction of sp³-hybridized carbons (Fsp3) is 0.700. The normalized spacial score (nSPS) is 21.8. The first-order valence-electron chi connectivity index (χ1n) is 9.81. The van der Waals surface area contributed by atoms with Gasteiger partial charge in [-0.2, -0.15) is 0 Å². The molecule has 0 radical (unpaired) electrons. The summed E-state index contributed by atoms with van der Waals surface area (Å²) in [6.07, 6.45) is 7.57. The van der Waals surface area contributed by atoms with Crippen LogP contribution in [0.4, 0.5) is 4.79 Å². The summed E-state index contributed by atoms with van der Waals surface area (Å²) in [4.78, 5) is 21.0. The van der Waals surface area contributed by atoms with E-state index in [1.807, 2.05) is 23.1 Å². The van der Waals surface area contributed by atoms with E-state index in [2.05, 4.69) is 29.3 Å². The summed E-state index contributed by atoms with van der Waals surface area (Å²) in [5.74, 6) is 0.164. The van der Waals surface area contributed by atoms with Crippen LogP contribution in [0, 0.1) is 5.92 Å². The van der Waals surface area contributed by atoms with Crippen LogP contribution in [0.3, 0.4) is 0 Å². The molecule has 6 nitrogen and oxygen atoms in total. The van der Waals surface area contributed by atoms with Gasteiger partial charge in [0.05, 0.1) is 11.8 Å². The quantitative estimate of drug-likeness (QED) is 0.846. The molecule has 2 N–H and O–H groups in total. The lowest BCUT2D eigenvalue weighted by Crippen LogP contribution is -2.54. The Bertz CT molecular complexity index is 579. The predicted molar refractivity (Wildman–Crippen MR) is 102 cm³/mol. The van der Waals surface area contributed by atoms with Crippen LogP contribution in [0.25, 0.3) is 0 Å². The molecule has 144 valence electrons. The highest BCUT2D eigenvalue weighted by molar-refractivity contribution is 5.74. The van der Waals surface area contributed by atoms with Crippen LogP contribution in [0.2, 0.25) is 0 Å². The van der Waals surface area contributed by atoms with Crippen molar-refractivity contribution < 1.29 is 9.90 Å². The minimum atomic E-state index is -0.545. The van der Waals surface area contributed by atoms with E-state index in [1.54, 1.807) is 6.20 Å². The number of likely N-dealkylation sites (N-methyl/N-ethyl adjacent to an activating group) is 1. The molecule has 1 aromatic rings. The van der Waals surface area contributed by atoms with E-state index in [9.17, 15) is 9.90 Å². The number of rotatable bonds is 5. The SMILES string of the molecule is CN(C)C1(CNC(=O)N2CCC([C@@H](O)c3ccccn3)CC2)CCCC1. The first-order chi connectivity index (χ1) is 12.5. The number of likely N-dealkylation sites (tertiary alicyclic amines) is 1. The molecule has 0 spiro atoms. The molecule has 3 rings (SSSR count). The Balaban J connectivity index is 1.48. The van der Waals surface area contributed by atoms with Gasteiger partial charge in [-0.1, -0.05) is 18.9 Å². The average Bonchev–Trinajstić information content (AvgIpc) is 3.17. The van der Waals surface area contributed by atoms with Gasteiger partial charge >= 0.3 is 6.03 Å². The summed E-state index contributed by atoms with van der Waals surface area (Å²) in [6.45, 7) is 2.10. The highest BCUT2D eigenvalue weighted by Gasteiger charge is 2.37. The molecule has 2 aliphatic rings. The number of hydrogen-bond acceptors (Lipinski definition) is 4. The Kier molecular flexibility index (Phi) is 6.14. The predicted octanol–water partition coefficient (Wildman–Crippen LogP) is 2.41. The van der Waals surface area contributed by atoms with Gasteiger partial charge in [-0.25, -0.2) is 4.79 Å². The zero-order chi connectivity index (χ0) is 18.6. The van der Waals surface area contributed by atoms with Crippen molar-refractivity contribution in [2.24, 2.45) is 5.92 Å². The van der Waals surface area contributed by atoms with E-state index in [-0.39, 0.29) is 17.5 Å². The van der Waals surface area contributed by atoms with Gasteiger partial charge in [0.1, 0.15) is 0 Å². The molecular weight excluding hydrogens is 328 g/mol. The number of hydrogen-bond donors (Lipinski definition) is 2. The highest BCUT2D eigenvalue weighted by Crippen LogP contribution is 2.33. The van der Waals surface area contributed by atoms with E-state index in [0.717, 1.165) is 37.9 Å². The maximum atomic E-state index is 12.6. The van der Waals surface area contributed by atoms with Crippen LogP contribution in [-0.2, 0) is 0 Å². The second-order valence-electron chi connectivity index (χ2n) is 8.01. The number of urea groups is 1. The third-order valence-electron chi connectivity index (χ3n) is 6.32. The van der Waals surface area contributed by atoms with Crippen molar-refractivity contribution in [1.29, 1.82) is 0 Å². The monoisotopic (exact) mass is 360 g/mol. The van der Waals surface area contributed by atoms with Gasteiger partial charge in [-0.15, -0.1) is 0 Å². The number of carbonyl (C=O) groups is 1. The lowest BCUT2D eigenvalue weighted by Gasteiger charge is -2.38. The van der Waals surface area contributed by atoms with E-state index < -0.39 is 6.10 Å². The molecule has 1 aliphatic heterocycles. The molecule has 2 heterocycles. The second kappa shape index (κ2) is 8.35. The van der Waals surface area contributed by atoms with Crippen molar-refractivity contribution >= 4 is 6.03 Å². The molecule has 0 unspecified atom stereocenters. The summed E-state index contributed by atoms with van der Waals surface area (Å²) in [5.41, 5.74) is 0.841. The van der Waals surface area contributed by atoms with Crippen LogP contribution in [0.15, 0.2) is 24.4 Å². The number of aliphatic hydroxyl groups is 1. The minimum absolute atomic E-state index is 0.0314. The van der Waals surface area contributed by atoms with Crippen LogP contribution in [0.5, 0.6) is 0 Å². The molecule has 6 heteroatoms. The smallest absolute Gasteiger partial charge is 0.317 e. The average molecular weight is 361 g/mol. The van der Waals surface area contributed by atoms with E-state index in [1.165, 1.54) is 12.8 Å². The van der Waals surface area contributed by atoms with E-state index in [0.29, 0.717) is 13.1 Å². The van der Waals surface area contributed by atoms with Crippen LogP contribution in [0.1, 0.15) is 50.3 Å². The van der Waals surface area contributed by atoms with Gasteiger partial charge < -0.3 is 20.2 Å². The number of nitrogens with zero attached hydrogens (tertiary/aromatic N) is 3. The van der Waals surface area contributed by atoms with Crippen LogP contribution < -0.4 is 5.32 Å². The molecule has 1 aliphatic carbocycles. The number of pyridine rings is 1. The fourth-order valence-corrected chi connectivity index (χ4v) is 4.38. The topological polar surface area (TPSA) is 68.7 Å². The van der Waals surface area contributed by atoms with E-state index >= 15 is 0 Å². The summed E-state index contributed by atoms with van der Waals surface area (Å²) >= 11 is 0. The lowest BCUT2D eigenvalue weighted by atomic mass is 9.89. The van der Waals surface area contributed by atoms with Gasteiger partial charge in [0.15, 0.2) is 0 Å². The van der Waals surface area contributed by atoms with Crippen LogP contribution in [-0.4, -0.2) is 65.2 Å². The Morgan fingerprint density at radius 2 is 2.04 bits per heavy atom. The number of aliphatic hydroxyl groups excluding tert-OH is 1. The van der Waals surface area contributed by atoms with Gasteiger partial charge in [0, 0.05) is 31.4 Å². The summed E-state index contributed by atoms with van der Waals surface area (Å²) < 4.78 is 0. The molecule has 1 saturated heterocycles. The Morgan fingerprint density at radius 3 is 2.62 bits per heavy atom. The third-order valence-corrected chi connectivity index (χ3v) is 6.32. The first-order valence-corrected chi connectivity index (χ1v) is 9.81. The molecule has 2 fully saturated rings. The van der Waals surface area contributed by atoms with Crippen LogP contribution >= 0.6 is 0 Å². The Labute approximate surface area is 156 Å². The zero-order valence-corrected chi connectivity index (χ0v) is 16.0. The molecule has 0 bridgehead atoms. The van der Waals surface area contributed by atoms with Gasteiger partial charge in [0.2, 0.25) is 0 Å². The molecule has 0 aromatic carbocycles. The van der Waals surface area contributed by atoms with Gasteiger partial charge in [-0.05, 0) is 57.8 Å². The molecule has 1 atom stereocenters. The molecule has 26 heavy (non-hydrogen) atoms. The van der Waals surface area contributed by atoms with Crippen molar-refractivity contribution in [2.75, 3.05) is 33.7 Å².